The van der Waals surface area contributed by atoms with E-state index in [1.54, 1.807) is 0 Å². The van der Waals surface area contributed by atoms with E-state index in [1.165, 1.54) is 19.3 Å². The van der Waals surface area contributed by atoms with E-state index in [9.17, 15) is 5.11 Å². The summed E-state index contributed by atoms with van der Waals surface area (Å²) < 4.78 is 0. The van der Waals surface area contributed by atoms with E-state index in [0.717, 1.165) is 18.8 Å². The van der Waals surface area contributed by atoms with Gasteiger partial charge in [0.15, 0.2) is 0 Å². The first-order chi connectivity index (χ1) is 6.49. The van der Waals surface area contributed by atoms with Crippen LogP contribution in [0.3, 0.4) is 0 Å². The summed E-state index contributed by atoms with van der Waals surface area (Å²) in [6.45, 7) is 6.26. The smallest absolute Gasteiger partial charge is 0.122 e. The molecule has 0 amide bonds. The van der Waals surface area contributed by atoms with E-state index in [4.69, 9.17) is 0 Å². The zero-order valence-corrected chi connectivity index (χ0v) is 9.64. The number of hydrogen-bond acceptors (Lipinski definition) is 1. The SMILES string of the molecule is CC(C)CCCC(C)(O)C#CC1CC1. The van der Waals surface area contributed by atoms with Gasteiger partial charge in [0.05, 0.1) is 0 Å². The zero-order chi connectivity index (χ0) is 10.6. The van der Waals surface area contributed by atoms with Gasteiger partial charge in [0.2, 0.25) is 0 Å². The molecular formula is C13H22O. The molecule has 1 atom stereocenters. The molecule has 0 aromatic carbocycles. The van der Waals surface area contributed by atoms with E-state index in [-0.39, 0.29) is 0 Å². The molecule has 1 unspecified atom stereocenters. The summed E-state index contributed by atoms with van der Waals surface area (Å²) in [4.78, 5) is 0. The van der Waals surface area contributed by atoms with Crippen molar-refractivity contribution in [2.45, 2.75) is 58.5 Å². The molecule has 1 rings (SSSR count). The number of hydrogen-bond donors (Lipinski definition) is 1. The molecule has 14 heavy (non-hydrogen) atoms. The largest absolute Gasteiger partial charge is 0.378 e. The van der Waals surface area contributed by atoms with Crippen LogP contribution in [0, 0.1) is 23.7 Å². The Kier molecular flexibility index (Phi) is 4.01. The predicted molar refractivity (Wildman–Crippen MR) is 59.8 cm³/mol. The molecule has 1 N–H and O–H groups in total. The van der Waals surface area contributed by atoms with Crippen molar-refractivity contribution in [1.82, 2.24) is 0 Å². The van der Waals surface area contributed by atoms with Crippen LogP contribution in [-0.4, -0.2) is 10.7 Å². The van der Waals surface area contributed by atoms with Crippen molar-refractivity contribution in [2.24, 2.45) is 11.8 Å². The second kappa shape index (κ2) is 4.84. The predicted octanol–water partition coefficient (Wildman–Crippen LogP) is 2.98. The highest BCUT2D eigenvalue weighted by molar-refractivity contribution is 5.17. The summed E-state index contributed by atoms with van der Waals surface area (Å²) in [5, 5.41) is 9.93. The maximum absolute atomic E-state index is 9.93. The van der Waals surface area contributed by atoms with Crippen LogP contribution in [0.1, 0.15) is 52.9 Å². The molecule has 0 aromatic rings. The average Bonchev–Trinajstić information content (AvgIpc) is 2.82. The minimum Gasteiger partial charge on any atom is -0.378 e. The van der Waals surface area contributed by atoms with Gasteiger partial charge in [-0.2, -0.15) is 0 Å². The summed E-state index contributed by atoms with van der Waals surface area (Å²) >= 11 is 0. The van der Waals surface area contributed by atoms with Crippen LogP contribution in [0.15, 0.2) is 0 Å². The highest BCUT2D eigenvalue weighted by Crippen LogP contribution is 2.28. The lowest BCUT2D eigenvalue weighted by atomic mass is 9.96. The first kappa shape index (κ1) is 11.6. The molecule has 0 aromatic heterocycles. The van der Waals surface area contributed by atoms with Crippen LogP contribution < -0.4 is 0 Å². The maximum atomic E-state index is 9.93. The molecule has 0 spiro atoms. The molecule has 0 aliphatic heterocycles. The van der Waals surface area contributed by atoms with Crippen molar-refractivity contribution >= 4 is 0 Å². The Labute approximate surface area is 87.9 Å². The van der Waals surface area contributed by atoms with Gasteiger partial charge in [0.1, 0.15) is 5.60 Å². The normalized spacial score (nSPS) is 20.1. The Morgan fingerprint density at radius 2 is 2.07 bits per heavy atom. The van der Waals surface area contributed by atoms with Gasteiger partial charge in [0.25, 0.3) is 0 Å². The second-order valence-electron chi connectivity index (χ2n) is 5.10. The van der Waals surface area contributed by atoms with E-state index >= 15 is 0 Å². The Bertz CT molecular complexity index is 225. The van der Waals surface area contributed by atoms with Crippen LogP contribution in [0.4, 0.5) is 0 Å². The molecule has 0 bridgehead atoms. The Morgan fingerprint density at radius 1 is 1.43 bits per heavy atom. The molecule has 1 heteroatoms. The summed E-state index contributed by atoms with van der Waals surface area (Å²) in [5.41, 5.74) is -0.752. The topological polar surface area (TPSA) is 20.2 Å². The maximum Gasteiger partial charge on any atom is 0.122 e. The van der Waals surface area contributed by atoms with Gasteiger partial charge in [-0.3, -0.25) is 0 Å². The van der Waals surface area contributed by atoms with Crippen LogP contribution in [0.2, 0.25) is 0 Å². The van der Waals surface area contributed by atoms with Gasteiger partial charge in [-0.05, 0) is 38.5 Å². The monoisotopic (exact) mass is 194 g/mol. The van der Waals surface area contributed by atoms with Gasteiger partial charge in [-0.1, -0.05) is 32.1 Å². The van der Waals surface area contributed by atoms with E-state index in [1.807, 2.05) is 6.92 Å². The van der Waals surface area contributed by atoms with E-state index in [0.29, 0.717) is 5.92 Å². The lowest BCUT2D eigenvalue weighted by Gasteiger charge is -2.16. The molecule has 1 aliphatic rings. The van der Waals surface area contributed by atoms with Gasteiger partial charge < -0.3 is 5.11 Å². The number of aliphatic hydroxyl groups is 1. The third kappa shape index (κ3) is 5.29. The van der Waals surface area contributed by atoms with Crippen molar-refractivity contribution in [3.8, 4) is 11.8 Å². The first-order valence-corrected chi connectivity index (χ1v) is 5.75. The minimum absolute atomic E-state index is 0.589. The fourth-order valence-electron chi connectivity index (χ4n) is 1.40. The average molecular weight is 194 g/mol. The van der Waals surface area contributed by atoms with Crippen molar-refractivity contribution in [2.75, 3.05) is 0 Å². The highest BCUT2D eigenvalue weighted by Gasteiger charge is 2.21. The molecule has 0 saturated heterocycles. The fourth-order valence-corrected chi connectivity index (χ4v) is 1.40. The van der Waals surface area contributed by atoms with Gasteiger partial charge in [-0.25, -0.2) is 0 Å². The minimum atomic E-state index is -0.752. The molecule has 1 nitrogen and oxygen atoms in total. The second-order valence-corrected chi connectivity index (χ2v) is 5.10. The third-order valence-corrected chi connectivity index (χ3v) is 2.57. The fraction of sp³-hybridized carbons (Fsp3) is 0.846. The Morgan fingerprint density at radius 3 is 2.57 bits per heavy atom. The quantitative estimate of drug-likeness (QED) is 0.682. The van der Waals surface area contributed by atoms with Gasteiger partial charge in [0, 0.05) is 5.92 Å². The van der Waals surface area contributed by atoms with Crippen LogP contribution >= 0.6 is 0 Å². The van der Waals surface area contributed by atoms with Crippen molar-refractivity contribution < 1.29 is 5.11 Å². The molecule has 1 aliphatic carbocycles. The first-order valence-electron chi connectivity index (χ1n) is 5.75. The molecule has 1 fully saturated rings. The van der Waals surface area contributed by atoms with Gasteiger partial charge in [-0.15, -0.1) is 0 Å². The Balaban J connectivity index is 2.23. The highest BCUT2D eigenvalue weighted by atomic mass is 16.3. The number of rotatable bonds is 4. The Hall–Kier alpha value is -0.480. The van der Waals surface area contributed by atoms with Crippen LogP contribution in [0.5, 0.6) is 0 Å². The van der Waals surface area contributed by atoms with Crippen molar-refractivity contribution in [1.29, 1.82) is 0 Å². The summed E-state index contributed by atoms with van der Waals surface area (Å²) in [7, 11) is 0. The molecule has 0 heterocycles. The lowest BCUT2D eigenvalue weighted by molar-refractivity contribution is 0.108. The summed E-state index contributed by atoms with van der Waals surface area (Å²) in [5.74, 6) is 7.45. The molecule has 0 radical (unpaired) electrons. The molecule has 80 valence electrons. The van der Waals surface area contributed by atoms with Crippen LogP contribution in [0.25, 0.3) is 0 Å². The van der Waals surface area contributed by atoms with E-state index < -0.39 is 5.60 Å². The lowest BCUT2D eigenvalue weighted by Crippen LogP contribution is -2.21. The summed E-state index contributed by atoms with van der Waals surface area (Å²) in [6.07, 6.45) is 5.53. The van der Waals surface area contributed by atoms with Crippen molar-refractivity contribution in [3.05, 3.63) is 0 Å². The van der Waals surface area contributed by atoms with Crippen LogP contribution in [-0.2, 0) is 0 Å². The molecule has 1 saturated carbocycles. The summed E-state index contributed by atoms with van der Waals surface area (Å²) in [6, 6.07) is 0. The standard InChI is InChI=1S/C13H22O/c1-11(2)5-4-9-13(3,14)10-8-12-6-7-12/h11-12,14H,4-7,9H2,1-3H3. The molecular weight excluding hydrogens is 172 g/mol. The zero-order valence-electron chi connectivity index (χ0n) is 9.64. The van der Waals surface area contributed by atoms with Gasteiger partial charge >= 0.3 is 0 Å². The van der Waals surface area contributed by atoms with E-state index in [2.05, 4.69) is 25.7 Å². The third-order valence-electron chi connectivity index (χ3n) is 2.57. The van der Waals surface area contributed by atoms with Crippen molar-refractivity contribution in [3.63, 3.8) is 0 Å².